The SMILES string of the molecule is N[C@H]([C]=O)c1ccon1. The van der Waals surface area contributed by atoms with Gasteiger partial charge in [0.15, 0.2) is 0 Å². The van der Waals surface area contributed by atoms with Gasteiger partial charge in [-0.15, -0.1) is 0 Å². The van der Waals surface area contributed by atoms with Gasteiger partial charge in [-0.1, -0.05) is 5.16 Å². The zero-order valence-electron chi connectivity index (χ0n) is 4.57. The Morgan fingerprint density at radius 3 is 3.11 bits per heavy atom. The summed E-state index contributed by atoms with van der Waals surface area (Å²) in [6.07, 6.45) is 2.93. The molecule has 1 atom stereocenters. The van der Waals surface area contributed by atoms with Gasteiger partial charge in [0.2, 0.25) is 6.29 Å². The maximum Gasteiger partial charge on any atom is 0.223 e. The molecule has 1 heterocycles. The standard InChI is InChI=1S/C5H5N2O2/c6-4(3-8)5-1-2-9-7-5/h1-2,4H,6H2/t4-/m1/s1. The van der Waals surface area contributed by atoms with E-state index in [1.165, 1.54) is 12.3 Å². The first-order valence-electron chi connectivity index (χ1n) is 2.38. The zero-order chi connectivity index (χ0) is 6.69. The molecule has 1 aromatic heterocycles. The summed E-state index contributed by atoms with van der Waals surface area (Å²) < 4.78 is 4.43. The highest BCUT2D eigenvalue weighted by Crippen LogP contribution is 2.01. The van der Waals surface area contributed by atoms with Gasteiger partial charge < -0.3 is 10.3 Å². The summed E-state index contributed by atoms with van der Waals surface area (Å²) >= 11 is 0. The Balaban J connectivity index is 2.76. The summed E-state index contributed by atoms with van der Waals surface area (Å²) in [6.45, 7) is 0. The molecule has 1 aromatic rings. The van der Waals surface area contributed by atoms with Gasteiger partial charge in [0.05, 0.1) is 0 Å². The van der Waals surface area contributed by atoms with Crippen LogP contribution >= 0.6 is 0 Å². The van der Waals surface area contributed by atoms with E-state index in [1.54, 1.807) is 6.29 Å². The van der Waals surface area contributed by atoms with Crippen molar-refractivity contribution < 1.29 is 9.32 Å². The monoisotopic (exact) mass is 125 g/mol. The van der Waals surface area contributed by atoms with Crippen molar-refractivity contribution in [2.24, 2.45) is 5.73 Å². The maximum atomic E-state index is 9.87. The van der Waals surface area contributed by atoms with E-state index in [-0.39, 0.29) is 0 Å². The number of hydrogen-bond acceptors (Lipinski definition) is 4. The van der Waals surface area contributed by atoms with E-state index < -0.39 is 6.04 Å². The molecule has 0 aliphatic heterocycles. The van der Waals surface area contributed by atoms with Crippen molar-refractivity contribution in [3.8, 4) is 0 Å². The van der Waals surface area contributed by atoms with Crippen LogP contribution in [0.4, 0.5) is 0 Å². The Hall–Kier alpha value is -1.16. The smallest absolute Gasteiger partial charge is 0.223 e. The van der Waals surface area contributed by atoms with E-state index in [0.29, 0.717) is 5.69 Å². The number of hydrogen-bond donors (Lipinski definition) is 1. The molecule has 4 heteroatoms. The number of aromatic nitrogens is 1. The first-order valence-corrected chi connectivity index (χ1v) is 2.38. The Morgan fingerprint density at radius 1 is 1.89 bits per heavy atom. The fraction of sp³-hybridized carbons (Fsp3) is 0.200. The van der Waals surface area contributed by atoms with Crippen molar-refractivity contribution in [1.82, 2.24) is 5.16 Å². The van der Waals surface area contributed by atoms with Crippen molar-refractivity contribution in [1.29, 1.82) is 0 Å². The fourth-order valence-electron chi connectivity index (χ4n) is 0.443. The molecule has 0 saturated carbocycles. The molecule has 9 heavy (non-hydrogen) atoms. The van der Waals surface area contributed by atoms with Crippen molar-refractivity contribution in [2.75, 3.05) is 0 Å². The van der Waals surface area contributed by atoms with Gasteiger partial charge in [-0.2, -0.15) is 0 Å². The molecule has 2 N–H and O–H groups in total. The summed E-state index contributed by atoms with van der Waals surface area (Å²) in [5, 5.41) is 3.42. The van der Waals surface area contributed by atoms with Gasteiger partial charge in [0, 0.05) is 6.07 Å². The van der Waals surface area contributed by atoms with Gasteiger partial charge in [-0.05, 0) is 0 Å². The molecule has 0 aromatic carbocycles. The van der Waals surface area contributed by atoms with E-state index in [4.69, 9.17) is 5.73 Å². The summed E-state index contributed by atoms with van der Waals surface area (Å²) in [4.78, 5) is 9.87. The van der Waals surface area contributed by atoms with Crippen LogP contribution in [0.15, 0.2) is 16.9 Å². The lowest BCUT2D eigenvalue weighted by Crippen LogP contribution is -2.11. The van der Waals surface area contributed by atoms with Crippen molar-refractivity contribution in [3.05, 3.63) is 18.0 Å². The summed E-state index contributed by atoms with van der Waals surface area (Å²) in [5.41, 5.74) is 5.60. The number of nitrogens with zero attached hydrogens (tertiary/aromatic N) is 1. The van der Waals surface area contributed by atoms with E-state index in [9.17, 15) is 4.79 Å². The van der Waals surface area contributed by atoms with Gasteiger partial charge in [-0.25, -0.2) is 0 Å². The highest BCUT2D eigenvalue weighted by Gasteiger charge is 2.06. The van der Waals surface area contributed by atoms with E-state index in [1.807, 2.05) is 0 Å². The van der Waals surface area contributed by atoms with Crippen LogP contribution in [0, 0.1) is 0 Å². The molecule has 0 fully saturated rings. The topological polar surface area (TPSA) is 69.1 Å². The van der Waals surface area contributed by atoms with Gasteiger partial charge in [0.25, 0.3) is 0 Å². The summed E-state index contributed by atoms with van der Waals surface area (Å²) in [7, 11) is 0. The Bertz CT molecular complexity index is 183. The molecule has 0 spiro atoms. The van der Waals surface area contributed by atoms with Crippen LogP contribution in [0.25, 0.3) is 0 Å². The molecule has 1 rings (SSSR count). The third-order valence-electron chi connectivity index (χ3n) is 0.903. The molecule has 0 unspecified atom stereocenters. The van der Waals surface area contributed by atoms with Crippen LogP contribution < -0.4 is 5.73 Å². The average Bonchev–Trinajstić information content (AvgIpc) is 2.37. The largest absolute Gasteiger partial charge is 0.364 e. The number of carbonyl (C=O) groups excluding carboxylic acids is 1. The lowest BCUT2D eigenvalue weighted by molar-refractivity contribution is 0.409. The molecule has 1 radical (unpaired) electrons. The van der Waals surface area contributed by atoms with Crippen LogP contribution in [-0.4, -0.2) is 11.4 Å². The first kappa shape index (κ1) is 5.97. The summed E-state index contributed by atoms with van der Waals surface area (Å²) in [5.74, 6) is 0. The number of nitrogens with two attached hydrogens (primary N) is 1. The highest BCUT2D eigenvalue weighted by molar-refractivity contribution is 5.60. The maximum absolute atomic E-state index is 9.87. The second-order valence-corrected chi connectivity index (χ2v) is 1.52. The predicted molar refractivity (Wildman–Crippen MR) is 29.1 cm³/mol. The number of rotatable bonds is 2. The minimum absolute atomic E-state index is 0.407. The van der Waals surface area contributed by atoms with E-state index in [0.717, 1.165) is 0 Å². The van der Waals surface area contributed by atoms with Crippen molar-refractivity contribution in [3.63, 3.8) is 0 Å². The predicted octanol–water partition coefficient (Wildman–Crippen LogP) is -0.216. The van der Waals surface area contributed by atoms with Crippen LogP contribution in [0.5, 0.6) is 0 Å². The Morgan fingerprint density at radius 2 is 2.67 bits per heavy atom. The van der Waals surface area contributed by atoms with Crippen molar-refractivity contribution in [2.45, 2.75) is 6.04 Å². The van der Waals surface area contributed by atoms with E-state index in [2.05, 4.69) is 9.68 Å². The fourth-order valence-corrected chi connectivity index (χ4v) is 0.443. The molecule has 0 aliphatic carbocycles. The van der Waals surface area contributed by atoms with Crippen LogP contribution in [0.3, 0.4) is 0 Å². The third-order valence-corrected chi connectivity index (χ3v) is 0.903. The van der Waals surface area contributed by atoms with Gasteiger partial charge in [-0.3, -0.25) is 4.79 Å². The molecule has 4 nitrogen and oxygen atoms in total. The summed E-state index contributed by atoms with van der Waals surface area (Å²) in [6, 6.07) is 0.749. The normalized spacial score (nSPS) is 13.0. The van der Waals surface area contributed by atoms with Gasteiger partial charge in [0.1, 0.15) is 18.0 Å². The highest BCUT2D eigenvalue weighted by atomic mass is 16.5. The second kappa shape index (κ2) is 2.41. The van der Waals surface area contributed by atoms with Crippen LogP contribution in [-0.2, 0) is 4.79 Å². The quantitative estimate of drug-likeness (QED) is 0.593. The Kier molecular flexibility index (Phi) is 1.60. The zero-order valence-corrected chi connectivity index (χ0v) is 4.57. The minimum Gasteiger partial charge on any atom is -0.364 e. The average molecular weight is 125 g/mol. The molecule has 0 amide bonds. The third kappa shape index (κ3) is 1.14. The van der Waals surface area contributed by atoms with E-state index >= 15 is 0 Å². The minimum atomic E-state index is -0.774. The lowest BCUT2D eigenvalue weighted by Gasteiger charge is -1.91. The van der Waals surface area contributed by atoms with Gasteiger partial charge >= 0.3 is 0 Å². The van der Waals surface area contributed by atoms with Crippen LogP contribution in [0.1, 0.15) is 11.7 Å². The molecule has 47 valence electrons. The molecule has 0 saturated heterocycles. The first-order chi connectivity index (χ1) is 4.34. The Labute approximate surface area is 51.6 Å². The lowest BCUT2D eigenvalue weighted by atomic mass is 10.2. The molecular weight excluding hydrogens is 120 g/mol. The molecule has 0 aliphatic rings. The molecular formula is C5H5N2O2. The second-order valence-electron chi connectivity index (χ2n) is 1.52. The van der Waals surface area contributed by atoms with Crippen molar-refractivity contribution >= 4 is 6.29 Å². The van der Waals surface area contributed by atoms with Crippen LogP contribution in [0.2, 0.25) is 0 Å². The molecule has 0 bridgehead atoms.